The molecule has 2 saturated heterocycles. The van der Waals surface area contributed by atoms with Crippen LogP contribution in [0.15, 0.2) is 34.3 Å². The minimum Gasteiger partial charge on any atom is -0.335 e. The van der Waals surface area contributed by atoms with Crippen molar-refractivity contribution in [3.8, 4) is 0 Å². The predicted octanol–water partition coefficient (Wildman–Crippen LogP) is -0.176. The molecule has 0 unspecified atom stereocenters. The molecule has 0 aromatic heterocycles. The minimum absolute atomic E-state index is 0.0119. The van der Waals surface area contributed by atoms with E-state index in [1.807, 2.05) is 0 Å². The highest BCUT2D eigenvalue weighted by atomic mass is 32.2. The Bertz CT molecular complexity index is 1180. The second-order valence-electron chi connectivity index (χ2n) is 8.00. The fourth-order valence-electron chi connectivity index (χ4n) is 4.07. The van der Waals surface area contributed by atoms with Crippen LogP contribution in [-0.4, -0.2) is 92.3 Å². The summed E-state index contributed by atoms with van der Waals surface area (Å²) in [5.41, 5.74) is 0.162. The van der Waals surface area contributed by atoms with Crippen molar-refractivity contribution < 1.29 is 30.8 Å². The molecular formula is C19H23FN4O6S2. The maximum absolute atomic E-state index is 13.4. The first-order valence-corrected chi connectivity index (χ1v) is 13.5. The molecule has 2 fully saturated rings. The summed E-state index contributed by atoms with van der Waals surface area (Å²) in [4.78, 5) is 26.5. The average Bonchev–Trinajstić information content (AvgIpc) is 3.13. The van der Waals surface area contributed by atoms with Gasteiger partial charge in [0.25, 0.3) is 5.91 Å². The molecule has 13 heteroatoms. The van der Waals surface area contributed by atoms with Crippen LogP contribution in [-0.2, 0) is 29.4 Å². The summed E-state index contributed by atoms with van der Waals surface area (Å²) in [7, 11) is -7.10. The molecule has 0 aliphatic carbocycles. The number of hydrazone groups is 1. The maximum atomic E-state index is 13.4. The molecule has 10 nitrogen and oxygen atoms in total. The lowest BCUT2D eigenvalue weighted by Gasteiger charge is -2.35. The molecule has 1 atom stereocenters. The smallest absolute Gasteiger partial charge is 0.270 e. The molecule has 0 saturated carbocycles. The van der Waals surface area contributed by atoms with E-state index in [0.717, 1.165) is 17.1 Å². The van der Waals surface area contributed by atoms with Gasteiger partial charge in [0.1, 0.15) is 11.5 Å². The first-order valence-electron chi connectivity index (χ1n) is 10.2. The number of hydrogen-bond acceptors (Lipinski definition) is 7. The summed E-state index contributed by atoms with van der Waals surface area (Å²) >= 11 is 0. The molecule has 2 amide bonds. The van der Waals surface area contributed by atoms with Gasteiger partial charge >= 0.3 is 0 Å². The highest BCUT2D eigenvalue weighted by Gasteiger charge is 2.38. The number of hydrogen-bond donors (Lipinski definition) is 0. The number of sulfonamides is 1. The van der Waals surface area contributed by atoms with Gasteiger partial charge in [-0.05, 0) is 24.6 Å². The molecule has 0 radical (unpaired) electrons. The van der Waals surface area contributed by atoms with Gasteiger partial charge in [0.15, 0.2) is 9.84 Å². The van der Waals surface area contributed by atoms with Gasteiger partial charge in [-0.25, -0.2) is 26.2 Å². The van der Waals surface area contributed by atoms with E-state index in [1.165, 1.54) is 21.3 Å². The summed E-state index contributed by atoms with van der Waals surface area (Å²) in [5, 5.41) is 5.31. The number of carbonyl (C=O) groups is 2. The van der Waals surface area contributed by atoms with E-state index in [9.17, 15) is 30.8 Å². The Morgan fingerprint density at radius 2 is 1.84 bits per heavy atom. The van der Waals surface area contributed by atoms with Gasteiger partial charge in [0.05, 0.1) is 22.4 Å². The third-order valence-corrected chi connectivity index (χ3v) is 9.47. The normalized spacial score (nSPS) is 24.5. The van der Waals surface area contributed by atoms with Crippen LogP contribution in [0.1, 0.15) is 19.3 Å². The van der Waals surface area contributed by atoms with Gasteiger partial charge in [0, 0.05) is 39.0 Å². The van der Waals surface area contributed by atoms with Gasteiger partial charge in [-0.2, -0.15) is 9.41 Å². The molecule has 3 aliphatic rings. The molecule has 3 aliphatic heterocycles. The first-order chi connectivity index (χ1) is 15.1. The number of nitrogens with zero attached hydrogens (tertiary/aromatic N) is 4. The zero-order valence-electron chi connectivity index (χ0n) is 17.2. The zero-order chi connectivity index (χ0) is 23.1. The zero-order valence-corrected chi connectivity index (χ0v) is 18.8. The number of halogens is 1. The summed E-state index contributed by atoms with van der Waals surface area (Å²) < 4.78 is 63.6. The van der Waals surface area contributed by atoms with Crippen molar-refractivity contribution in [2.45, 2.75) is 30.2 Å². The van der Waals surface area contributed by atoms with Crippen molar-refractivity contribution in [1.82, 2.24) is 14.2 Å². The summed E-state index contributed by atoms with van der Waals surface area (Å²) in [6.45, 7) is 0.332. The van der Waals surface area contributed by atoms with E-state index in [4.69, 9.17) is 0 Å². The van der Waals surface area contributed by atoms with E-state index >= 15 is 0 Å². The first kappa shape index (κ1) is 22.8. The van der Waals surface area contributed by atoms with Gasteiger partial charge in [-0.3, -0.25) is 9.59 Å². The van der Waals surface area contributed by atoms with Crippen molar-refractivity contribution >= 4 is 37.4 Å². The second kappa shape index (κ2) is 8.52. The number of sulfone groups is 1. The highest BCUT2D eigenvalue weighted by Crippen LogP contribution is 2.23. The Hall–Kier alpha value is -2.38. The predicted molar refractivity (Wildman–Crippen MR) is 112 cm³/mol. The van der Waals surface area contributed by atoms with E-state index in [0.29, 0.717) is 0 Å². The molecule has 1 aromatic rings. The average molecular weight is 487 g/mol. The van der Waals surface area contributed by atoms with Crippen LogP contribution in [0, 0.1) is 5.82 Å². The van der Waals surface area contributed by atoms with Crippen molar-refractivity contribution in [1.29, 1.82) is 0 Å². The lowest BCUT2D eigenvalue weighted by Crippen LogP contribution is -2.53. The third kappa shape index (κ3) is 4.55. The Kier molecular flexibility index (Phi) is 6.07. The molecule has 3 heterocycles. The largest absolute Gasteiger partial charge is 0.335 e. The van der Waals surface area contributed by atoms with Gasteiger partial charge in [-0.1, -0.05) is 6.07 Å². The number of amides is 2. The topological polar surface area (TPSA) is 124 Å². The van der Waals surface area contributed by atoms with Crippen molar-refractivity contribution in [3.63, 3.8) is 0 Å². The molecular weight excluding hydrogens is 463 g/mol. The Balaban J connectivity index is 1.43. The van der Waals surface area contributed by atoms with E-state index in [2.05, 4.69) is 5.10 Å². The molecule has 0 spiro atoms. The second-order valence-corrected chi connectivity index (χ2v) is 12.2. The number of piperazine rings is 1. The van der Waals surface area contributed by atoms with E-state index < -0.39 is 37.6 Å². The Labute approximate surface area is 185 Å². The lowest BCUT2D eigenvalue weighted by atomic mass is 10.1. The third-order valence-electron chi connectivity index (χ3n) is 5.82. The summed E-state index contributed by atoms with van der Waals surface area (Å²) in [5.74, 6) is -1.53. The van der Waals surface area contributed by atoms with Gasteiger partial charge in [0.2, 0.25) is 15.9 Å². The number of carbonyl (C=O) groups excluding carboxylic acids is 2. The van der Waals surface area contributed by atoms with Crippen molar-refractivity contribution in [2.24, 2.45) is 5.10 Å². The molecule has 0 bridgehead atoms. The quantitative estimate of drug-likeness (QED) is 0.582. The van der Waals surface area contributed by atoms with Crippen LogP contribution in [0.4, 0.5) is 4.39 Å². The fourth-order valence-corrected chi connectivity index (χ4v) is 7.22. The van der Waals surface area contributed by atoms with E-state index in [-0.39, 0.29) is 73.5 Å². The SMILES string of the molecule is O=C(C1=NN([C@@H]2CCS(=O)(=O)C2)C(=O)CC1)N1CCN(S(=O)(=O)c2cccc(F)c2)CC1. The summed E-state index contributed by atoms with van der Waals surface area (Å²) in [6, 6.07) is 4.20. The molecule has 32 heavy (non-hydrogen) atoms. The standard InChI is InChI=1S/C19H23FN4O6S2/c20-14-2-1-3-16(12-14)32(29,30)23-9-7-22(8-10-23)19(26)17-4-5-18(25)24(21-17)15-6-11-31(27,28)13-15/h1-3,12,15H,4-11,13H2/t15-/m1/s1. The van der Waals surface area contributed by atoms with Crippen LogP contribution in [0.3, 0.4) is 0 Å². The van der Waals surface area contributed by atoms with Crippen LogP contribution in [0.25, 0.3) is 0 Å². The number of benzene rings is 1. The Morgan fingerprint density at radius 3 is 2.47 bits per heavy atom. The van der Waals surface area contributed by atoms with Gasteiger partial charge in [-0.15, -0.1) is 0 Å². The monoisotopic (exact) mass is 486 g/mol. The van der Waals surface area contributed by atoms with E-state index in [1.54, 1.807) is 0 Å². The van der Waals surface area contributed by atoms with Gasteiger partial charge < -0.3 is 4.90 Å². The molecule has 174 valence electrons. The van der Waals surface area contributed by atoms with Crippen LogP contribution in [0.5, 0.6) is 0 Å². The van der Waals surface area contributed by atoms with Crippen LogP contribution < -0.4 is 0 Å². The minimum atomic E-state index is -3.88. The highest BCUT2D eigenvalue weighted by molar-refractivity contribution is 7.91. The van der Waals surface area contributed by atoms with Crippen LogP contribution in [0.2, 0.25) is 0 Å². The molecule has 4 rings (SSSR count). The lowest BCUT2D eigenvalue weighted by molar-refractivity contribution is -0.134. The molecule has 0 N–H and O–H groups in total. The summed E-state index contributed by atoms with van der Waals surface area (Å²) in [6.07, 6.45) is 0.500. The van der Waals surface area contributed by atoms with Crippen LogP contribution >= 0.6 is 0 Å². The molecule has 1 aromatic carbocycles. The van der Waals surface area contributed by atoms with Crippen molar-refractivity contribution in [3.05, 3.63) is 30.1 Å². The fraction of sp³-hybridized carbons (Fsp3) is 0.526. The number of rotatable bonds is 4. The van der Waals surface area contributed by atoms with Crippen molar-refractivity contribution in [2.75, 3.05) is 37.7 Å². The Morgan fingerprint density at radius 1 is 1.12 bits per heavy atom. The maximum Gasteiger partial charge on any atom is 0.270 e.